The molecule has 0 saturated carbocycles. The fraction of sp³-hybridized carbons (Fsp3) is 0.278. The molecule has 1 amide bonds. The lowest BCUT2D eigenvalue weighted by Crippen LogP contribution is -2.27. The lowest BCUT2D eigenvalue weighted by atomic mass is 10.0. The van der Waals surface area contributed by atoms with Gasteiger partial charge in [-0.15, -0.1) is 0 Å². The molecule has 2 rings (SSSR count). The summed E-state index contributed by atoms with van der Waals surface area (Å²) < 4.78 is 5.34. The topological polar surface area (TPSA) is 38.3 Å². The van der Waals surface area contributed by atoms with E-state index < -0.39 is 0 Å². The van der Waals surface area contributed by atoms with Crippen LogP contribution in [0.15, 0.2) is 42.5 Å². The molecule has 1 N–H and O–H groups in total. The minimum atomic E-state index is -0.116. The van der Waals surface area contributed by atoms with Crippen LogP contribution in [0.25, 0.3) is 0 Å². The Morgan fingerprint density at radius 3 is 2.52 bits per heavy atom. The van der Waals surface area contributed by atoms with Crippen LogP contribution in [0, 0.1) is 13.8 Å². The van der Waals surface area contributed by atoms with Crippen molar-refractivity contribution in [3.05, 3.63) is 64.7 Å². The second kappa shape index (κ2) is 6.44. The molecule has 0 aromatic heterocycles. The molecule has 21 heavy (non-hydrogen) atoms. The maximum atomic E-state index is 12.4. The number of hydrogen-bond acceptors (Lipinski definition) is 2. The van der Waals surface area contributed by atoms with Crippen LogP contribution in [-0.2, 0) is 0 Å². The van der Waals surface area contributed by atoms with Crippen LogP contribution in [0.4, 0.5) is 0 Å². The fourth-order valence-electron chi connectivity index (χ4n) is 2.44. The highest BCUT2D eigenvalue weighted by molar-refractivity contribution is 5.95. The zero-order valence-corrected chi connectivity index (χ0v) is 12.9. The Balaban J connectivity index is 2.19. The predicted molar refractivity (Wildman–Crippen MR) is 84.8 cm³/mol. The second-order valence-electron chi connectivity index (χ2n) is 5.26. The molecule has 0 bridgehead atoms. The normalized spacial score (nSPS) is 11.8. The summed E-state index contributed by atoms with van der Waals surface area (Å²) in [5.74, 6) is 0.719. The van der Waals surface area contributed by atoms with E-state index in [1.54, 1.807) is 7.11 Å². The molecule has 0 spiro atoms. The van der Waals surface area contributed by atoms with E-state index in [0.29, 0.717) is 5.56 Å². The van der Waals surface area contributed by atoms with E-state index >= 15 is 0 Å². The van der Waals surface area contributed by atoms with Crippen LogP contribution < -0.4 is 10.1 Å². The number of rotatable bonds is 4. The minimum Gasteiger partial charge on any atom is -0.496 e. The van der Waals surface area contributed by atoms with Crippen LogP contribution in [0.5, 0.6) is 5.75 Å². The third-order valence-electron chi connectivity index (χ3n) is 3.58. The van der Waals surface area contributed by atoms with Gasteiger partial charge in [-0.05, 0) is 38.5 Å². The molecule has 0 aliphatic heterocycles. The SMILES string of the molecule is COc1ccccc1[C@@H](C)NC(=O)c1ccc(C)cc1C. The molecule has 0 radical (unpaired) electrons. The number of amides is 1. The van der Waals surface area contributed by atoms with Gasteiger partial charge in [0.2, 0.25) is 0 Å². The third kappa shape index (κ3) is 3.43. The lowest BCUT2D eigenvalue weighted by molar-refractivity contribution is 0.0939. The van der Waals surface area contributed by atoms with E-state index in [1.807, 2.05) is 63.2 Å². The average Bonchev–Trinajstić information content (AvgIpc) is 2.46. The molecule has 3 heteroatoms. The smallest absolute Gasteiger partial charge is 0.252 e. The van der Waals surface area contributed by atoms with Crippen molar-refractivity contribution in [2.24, 2.45) is 0 Å². The largest absolute Gasteiger partial charge is 0.496 e. The average molecular weight is 283 g/mol. The summed E-state index contributed by atoms with van der Waals surface area (Å²) in [7, 11) is 1.64. The number of benzene rings is 2. The first kappa shape index (κ1) is 15.1. The highest BCUT2D eigenvalue weighted by Gasteiger charge is 2.15. The van der Waals surface area contributed by atoms with Crippen molar-refractivity contribution in [2.75, 3.05) is 7.11 Å². The maximum absolute atomic E-state index is 12.4. The molecule has 0 fully saturated rings. The molecule has 0 aliphatic carbocycles. The second-order valence-corrected chi connectivity index (χ2v) is 5.26. The number of methoxy groups -OCH3 is 1. The molecule has 110 valence electrons. The van der Waals surface area contributed by atoms with Crippen molar-refractivity contribution in [1.29, 1.82) is 0 Å². The van der Waals surface area contributed by atoms with Gasteiger partial charge in [0.15, 0.2) is 0 Å². The summed E-state index contributed by atoms with van der Waals surface area (Å²) in [5, 5.41) is 3.03. The molecule has 1 atom stereocenters. The highest BCUT2D eigenvalue weighted by Crippen LogP contribution is 2.24. The van der Waals surface area contributed by atoms with Crippen LogP contribution in [0.2, 0.25) is 0 Å². The molecule has 0 heterocycles. The Kier molecular flexibility index (Phi) is 4.63. The molecular formula is C18H21NO2. The number of aryl methyl sites for hydroxylation is 2. The van der Waals surface area contributed by atoms with Gasteiger partial charge in [0, 0.05) is 11.1 Å². The van der Waals surface area contributed by atoms with Crippen molar-refractivity contribution in [2.45, 2.75) is 26.8 Å². The quantitative estimate of drug-likeness (QED) is 0.926. The number of nitrogens with one attached hydrogen (secondary N) is 1. The molecule has 3 nitrogen and oxygen atoms in total. The van der Waals surface area contributed by atoms with Gasteiger partial charge in [-0.3, -0.25) is 4.79 Å². The van der Waals surface area contributed by atoms with E-state index in [2.05, 4.69) is 5.32 Å². The number of carbonyl (C=O) groups excluding carboxylic acids is 1. The van der Waals surface area contributed by atoms with Crippen molar-refractivity contribution < 1.29 is 9.53 Å². The van der Waals surface area contributed by atoms with Gasteiger partial charge in [-0.25, -0.2) is 0 Å². The zero-order valence-electron chi connectivity index (χ0n) is 12.9. The first-order chi connectivity index (χ1) is 10.0. The molecule has 2 aromatic carbocycles. The molecule has 0 aliphatic rings. The van der Waals surface area contributed by atoms with Crippen molar-refractivity contribution in [1.82, 2.24) is 5.32 Å². The Morgan fingerprint density at radius 2 is 1.86 bits per heavy atom. The summed E-state index contributed by atoms with van der Waals surface area (Å²) in [4.78, 5) is 12.4. The molecule has 0 unspecified atom stereocenters. The van der Waals surface area contributed by atoms with Gasteiger partial charge < -0.3 is 10.1 Å². The minimum absolute atomic E-state index is 0.0640. The number of ether oxygens (including phenoxy) is 1. The fourth-order valence-corrected chi connectivity index (χ4v) is 2.44. The van der Waals surface area contributed by atoms with Crippen molar-refractivity contribution >= 4 is 5.91 Å². The van der Waals surface area contributed by atoms with Crippen LogP contribution in [0.1, 0.15) is 40.0 Å². The van der Waals surface area contributed by atoms with Crippen molar-refractivity contribution in [3.8, 4) is 5.75 Å². The van der Waals surface area contributed by atoms with E-state index in [0.717, 1.165) is 22.4 Å². The number of para-hydroxylation sites is 1. The van der Waals surface area contributed by atoms with Gasteiger partial charge in [-0.2, -0.15) is 0 Å². The molecule has 2 aromatic rings. The molecule has 0 saturated heterocycles. The van der Waals surface area contributed by atoms with E-state index in [4.69, 9.17) is 4.74 Å². The Labute approximate surface area is 126 Å². The standard InChI is InChI=1S/C18H21NO2/c1-12-9-10-15(13(2)11-12)18(20)19-14(3)16-7-5-6-8-17(16)21-4/h5-11,14H,1-4H3,(H,19,20)/t14-/m1/s1. The van der Waals surface area contributed by atoms with Gasteiger partial charge in [0.1, 0.15) is 5.75 Å². The number of hydrogen-bond donors (Lipinski definition) is 1. The summed E-state index contributed by atoms with van der Waals surface area (Å²) >= 11 is 0. The summed E-state index contributed by atoms with van der Waals surface area (Å²) in [6, 6.07) is 13.4. The van der Waals surface area contributed by atoms with Crippen LogP contribution in [0.3, 0.4) is 0 Å². The highest BCUT2D eigenvalue weighted by atomic mass is 16.5. The van der Waals surface area contributed by atoms with E-state index in [9.17, 15) is 4.79 Å². The summed E-state index contributed by atoms with van der Waals surface area (Å²) in [5.41, 5.74) is 3.82. The van der Waals surface area contributed by atoms with E-state index in [1.165, 1.54) is 0 Å². The number of carbonyl (C=O) groups is 1. The lowest BCUT2D eigenvalue weighted by Gasteiger charge is -2.18. The van der Waals surface area contributed by atoms with Gasteiger partial charge in [-0.1, -0.05) is 35.9 Å². The molecular weight excluding hydrogens is 262 g/mol. The Hall–Kier alpha value is -2.29. The summed E-state index contributed by atoms with van der Waals surface area (Å²) in [6.45, 7) is 5.93. The van der Waals surface area contributed by atoms with Gasteiger partial charge >= 0.3 is 0 Å². The first-order valence-corrected chi connectivity index (χ1v) is 7.04. The van der Waals surface area contributed by atoms with Crippen molar-refractivity contribution in [3.63, 3.8) is 0 Å². The predicted octanol–water partition coefficient (Wildman–Crippen LogP) is 3.80. The monoisotopic (exact) mass is 283 g/mol. The van der Waals surface area contributed by atoms with E-state index in [-0.39, 0.29) is 11.9 Å². The van der Waals surface area contributed by atoms with Crippen LogP contribution >= 0.6 is 0 Å². The van der Waals surface area contributed by atoms with Gasteiger partial charge in [0.25, 0.3) is 5.91 Å². The summed E-state index contributed by atoms with van der Waals surface area (Å²) in [6.07, 6.45) is 0. The van der Waals surface area contributed by atoms with Crippen LogP contribution in [-0.4, -0.2) is 13.0 Å². The third-order valence-corrected chi connectivity index (χ3v) is 3.58. The maximum Gasteiger partial charge on any atom is 0.252 e. The zero-order chi connectivity index (χ0) is 15.4. The Morgan fingerprint density at radius 1 is 1.14 bits per heavy atom. The Bertz CT molecular complexity index is 649. The van der Waals surface area contributed by atoms with Gasteiger partial charge in [0.05, 0.1) is 13.2 Å². The first-order valence-electron chi connectivity index (χ1n) is 7.04.